The summed E-state index contributed by atoms with van der Waals surface area (Å²) >= 11 is 0. The summed E-state index contributed by atoms with van der Waals surface area (Å²) in [4.78, 5) is 2.18. The Bertz CT molecular complexity index is 434. The van der Waals surface area contributed by atoms with Crippen LogP contribution in [0.4, 0.5) is 5.82 Å². The highest BCUT2D eigenvalue weighted by Gasteiger charge is 2.22. The molecule has 98 valence electrons. The summed E-state index contributed by atoms with van der Waals surface area (Å²) in [6.45, 7) is 4.11. The van der Waals surface area contributed by atoms with Gasteiger partial charge < -0.3 is 15.8 Å². The van der Waals surface area contributed by atoms with Gasteiger partial charge in [-0.1, -0.05) is 18.5 Å². The third kappa shape index (κ3) is 2.52. The van der Waals surface area contributed by atoms with Gasteiger partial charge in [0.05, 0.1) is 11.8 Å². The van der Waals surface area contributed by atoms with Crippen molar-refractivity contribution in [1.82, 2.24) is 10.2 Å². The van der Waals surface area contributed by atoms with Gasteiger partial charge in [-0.25, -0.2) is 0 Å². The predicted molar refractivity (Wildman–Crippen MR) is 69.8 cm³/mol. The zero-order valence-corrected chi connectivity index (χ0v) is 10.6. The molecule has 1 aliphatic heterocycles. The number of nitrogens with two attached hydrogens (primary N) is 1. The highest BCUT2D eigenvalue weighted by Crippen LogP contribution is 2.25. The van der Waals surface area contributed by atoms with Crippen molar-refractivity contribution < 1.29 is 5.21 Å². The standard InChI is InChI=1S/C12H19N5O/c1-2-9-4-3-7-17(8-9)12-10(11(13)16-18)5-6-14-15-12/h5-6,9,18H,2-4,7-8H2,1H3,(H2,13,16). The first-order chi connectivity index (χ1) is 8.76. The van der Waals surface area contributed by atoms with Gasteiger partial charge in [-0.3, -0.25) is 0 Å². The summed E-state index contributed by atoms with van der Waals surface area (Å²) in [6, 6.07) is 1.73. The molecule has 1 saturated heterocycles. The van der Waals surface area contributed by atoms with Crippen LogP contribution in [0.15, 0.2) is 17.4 Å². The van der Waals surface area contributed by atoms with Crippen LogP contribution in [0.25, 0.3) is 0 Å². The van der Waals surface area contributed by atoms with Crippen LogP contribution in [0.5, 0.6) is 0 Å². The molecular weight excluding hydrogens is 230 g/mol. The van der Waals surface area contributed by atoms with Gasteiger partial charge in [0.25, 0.3) is 0 Å². The third-order valence-corrected chi connectivity index (χ3v) is 3.48. The second-order valence-corrected chi connectivity index (χ2v) is 4.62. The molecule has 6 heteroatoms. The van der Waals surface area contributed by atoms with Crippen LogP contribution in [-0.4, -0.2) is 34.3 Å². The average Bonchev–Trinajstić information content (AvgIpc) is 2.46. The highest BCUT2D eigenvalue weighted by molar-refractivity contribution is 6.01. The lowest BCUT2D eigenvalue weighted by Gasteiger charge is -2.33. The molecule has 0 bridgehead atoms. The molecule has 0 aliphatic carbocycles. The maximum Gasteiger partial charge on any atom is 0.173 e. The highest BCUT2D eigenvalue weighted by atomic mass is 16.4. The van der Waals surface area contributed by atoms with Gasteiger partial charge in [0.15, 0.2) is 11.7 Å². The van der Waals surface area contributed by atoms with Gasteiger partial charge in [0.1, 0.15) is 0 Å². The molecule has 18 heavy (non-hydrogen) atoms. The van der Waals surface area contributed by atoms with E-state index >= 15 is 0 Å². The molecule has 1 unspecified atom stereocenters. The number of hydrogen-bond acceptors (Lipinski definition) is 5. The Morgan fingerprint density at radius 3 is 3.22 bits per heavy atom. The summed E-state index contributed by atoms with van der Waals surface area (Å²) in [5.41, 5.74) is 6.32. The van der Waals surface area contributed by atoms with E-state index in [0.717, 1.165) is 25.9 Å². The number of rotatable bonds is 3. The van der Waals surface area contributed by atoms with Crippen molar-refractivity contribution >= 4 is 11.7 Å². The van der Waals surface area contributed by atoms with Gasteiger partial charge in [-0.05, 0) is 24.8 Å². The lowest BCUT2D eigenvalue weighted by molar-refractivity contribution is 0.318. The minimum atomic E-state index is 0.0820. The molecule has 0 spiro atoms. The van der Waals surface area contributed by atoms with Crippen LogP contribution >= 0.6 is 0 Å². The quantitative estimate of drug-likeness (QED) is 0.364. The first kappa shape index (κ1) is 12.6. The van der Waals surface area contributed by atoms with Crippen molar-refractivity contribution in [2.24, 2.45) is 16.8 Å². The topological polar surface area (TPSA) is 87.6 Å². The fraction of sp³-hybridized carbons (Fsp3) is 0.583. The fourth-order valence-electron chi connectivity index (χ4n) is 2.40. The van der Waals surface area contributed by atoms with E-state index < -0.39 is 0 Å². The normalized spacial score (nSPS) is 21.1. The molecule has 1 fully saturated rings. The average molecular weight is 249 g/mol. The monoisotopic (exact) mass is 249 g/mol. The maximum absolute atomic E-state index is 8.81. The Morgan fingerprint density at radius 1 is 1.67 bits per heavy atom. The van der Waals surface area contributed by atoms with Crippen LogP contribution in [0.2, 0.25) is 0 Å². The number of oxime groups is 1. The molecule has 1 aromatic heterocycles. The van der Waals surface area contributed by atoms with Crippen LogP contribution in [-0.2, 0) is 0 Å². The van der Waals surface area contributed by atoms with Gasteiger partial charge in [0, 0.05) is 13.1 Å². The van der Waals surface area contributed by atoms with Crippen molar-refractivity contribution in [3.05, 3.63) is 17.8 Å². The number of anilines is 1. The Kier molecular flexibility index (Phi) is 3.96. The van der Waals surface area contributed by atoms with Crippen LogP contribution in [0.1, 0.15) is 31.7 Å². The molecule has 1 atom stereocenters. The first-order valence-electron chi connectivity index (χ1n) is 6.30. The van der Waals surface area contributed by atoms with Crippen molar-refractivity contribution in [3.63, 3.8) is 0 Å². The van der Waals surface area contributed by atoms with Gasteiger partial charge in [-0.2, -0.15) is 5.10 Å². The smallest absolute Gasteiger partial charge is 0.173 e. The van der Waals surface area contributed by atoms with E-state index in [2.05, 4.69) is 27.2 Å². The van der Waals surface area contributed by atoms with E-state index in [0.29, 0.717) is 17.3 Å². The van der Waals surface area contributed by atoms with E-state index in [1.54, 1.807) is 12.3 Å². The van der Waals surface area contributed by atoms with E-state index in [9.17, 15) is 0 Å². The zero-order valence-electron chi connectivity index (χ0n) is 10.6. The molecule has 0 aromatic carbocycles. The summed E-state index contributed by atoms with van der Waals surface area (Å²) in [5, 5.41) is 19.9. The van der Waals surface area contributed by atoms with E-state index in [1.807, 2.05) is 0 Å². The van der Waals surface area contributed by atoms with Crippen LogP contribution in [0, 0.1) is 5.92 Å². The zero-order chi connectivity index (χ0) is 13.0. The van der Waals surface area contributed by atoms with Crippen LogP contribution < -0.4 is 10.6 Å². The summed E-state index contributed by atoms with van der Waals surface area (Å²) in [5.74, 6) is 1.48. The summed E-state index contributed by atoms with van der Waals surface area (Å²) in [6.07, 6.45) is 5.12. The van der Waals surface area contributed by atoms with Gasteiger partial charge in [-0.15, -0.1) is 5.10 Å². The number of nitrogens with zero attached hydrogens (tertiary/aromatic N) is 4. The summed E-state index contributed by atoms with van der Waals surface area (Å²) < 4.78 is 0. The van der Waals surface area contributed by atoms with Gasteiger partial charge in [0.2, 0.25) is 0 Å². The van der Waals surface area contributed by atoms with Gasteiger partial charge >= 0.3 is 0 Å². The van der Waals surface area contributed by atoms with Crippen molar-refractivity contribution in [3.8, 4) is 0 Å². The number of hydrogen-bond donors (Lipinski definition) is 2. The molecule has 1 aliphatic rings. The molecule has 0 saturated carbocycles. The van der Waals surface area contributed by atoms with Crippen molar-refractivity contribution in [2.45, 2.75) is 26.2 Å². The Balaban J connectivity index is 2.27. The SMILES string of the molecule is CCC1CCCN(c2nnccc2/C(N)=N/O)C1. The van der Waals surface area contributed by atoms with E-state index in [1.165, 1.54) is 6.42 Å². The molecule has 1 aromatic rings. The largest absolute Gasteiger partial charge is 0.409 e. The number of amidine groups is 1. The van der Waals surface area contributed by atoms with Crippen molar-refractivity contribution in [2.75, 3.05) is 18.0 Å². The van der Waals surface area contributed by atoms with E-state index in [4.69, 9.17) is 10.9 Å². The molecule has 3 N–H and O–H groups in total. The molecule has 6 nitrogen and oxygen atoms in total. The molecule has 0 amide bonds. The lowest BCUT2D eigenvalue weighted by Crippen LogP contribution is -2.37. The fourth-order valence-corrected chi connectivity index (χ4v) is 2.40. The lowest BCUT2D eigenvalue weighted by atomic mass is 9.95. The minimum absolute atomic E-state index is 0.0820. The molecule has 0 radical (unpaired) electrons. The minimum Gasteiger partial charge on any atom is -0.409 e. The second kappa shape index (κ2) is 5.66. The molecule has 2 rings (SSSR count). The Labute approximate surface area is 106 Å². The molecule has 2 heterocycles. The maximum atomic E-state index is 8.81. The third-order valence-electron chi connectivity index (χ3n) is 3.48. The van der Waals surface area contributed by atoms with Crippen LogP contribution in [0.3, 0.4) is 0 Å². The Hall–Kier alpha value is -1.85. The number of piperidine rings is 1. The first-order valence-corrected chi connectivity index (χ1v) is 6.30. The van der Waals surface area contributed by atoms with Crippen molar-refractivity contribution in [1.29, 1.82) is 0 Å². The Morgan fingerprint density at radius 2 is 2.50 bits per heavy atom. The van der Waals surface area contributed by atoms with E-state index in [-0.39, 0.29) is 5.84 Å². The second-order valence-electron chi connectivity index (χ2n) is 4.62. The molecular formula is C12H19N5O. The summed E-state index contributed by atoms with van der Waals surface area (Å²) in [7, 11) is 0. The number of aromatic nitrogens is 2. The predicted octanol–water partition coefficient (Wildman–Crippen LogP) is 1.20.